The summed E-state index contributed by atoms with van der Waals surface area (Å²) in [6, 6.07) is 0. The first-order valence-corrected chi connectivity index (χ1v) is 15.9. The van der Waals surface area contributed by atoms with Crippen LogP contribution in [0.4, 0.5) is 0 Å². The fourth-order valence-corrected chi connectivity index (χ4v) is 10.5. The predicted molar refractivity (Wildman–Crippen MR) is 146 cm³/mol. The molecule has 3 N–H and O–H groups in total. The zero-order chi connectivity index (χ0) is 26.5. The van der Waals surface area contributed by atoms with Crippen molar-refractivity contribution in [1.29, 1.82) is 0 Å². The summed E-state index contributed by atoms with van der Waals surface area (Å²) < 4.78 is 11.9. The molecule has 0 amide bonds. The molecule has 0 bridgehead atoms. The molecule has 0 unspecified atom stereocenters. The normalized spacial score (nSPS) is 50.5. The van der Waals surface area contributed by atoms with Crippen LogP contribution >= 0.6 is 0 Å². The topological polar surface area (TPSA) is 79.2 Å². The molecule has 214 valence electrons. The van der Waals surface area contributed by atoms with Crippen LogP contribution in [0.15, 0.2) is 0 Å². The average molecular weight is 521 g/mol. The van der Waals surface area contributed by atoms with Crippen LogP contribution in [0.3, 0.4) is 0 Å². The molecule has 0 aromatic rings. The quantitative estimate of drug-likeness (QED) is 0.370. The number of aliphatic hydroxyl groups excluding tert-OH is 3. The summed E-state index contributed by atoms with van der Waals surface area (Å²) in [5, 5.41) is 29.9. The summed E-state index contributed by atoms with van der Waals surface area (Å²) >= 11 is 0. The lowest BCUT2D eigenvalue weighted by atomic mass is 9.44. The standard InChI is InChI=1S/C32H56O5/c1-19(2)7-6-8-20(3)24-11-12-25-23-10-9-21-17-22(36-30-29(35)28(34)27(18-33)37-30)13-15-31(21,4)26(23)14-16-32(24,25)5/h19-30,33-35H,6-18H2,1-5H3/t20-,21+,22-,23+,24-,25+,26+,27-,28-,29+,30+,31+,32-/m1/s1. The Morgan fingerprint density at radius 2 is 1.59 bits per heavy atom. The fourth-order valence-electron chi connectivity index (χ4n) is 10.5. The number of rotatable bonds is 8. The Hall–Kier alpha value is -0.200. The molecule has 13 atom stereocenters. The molecule has 4 aliphatic carbocycles. The summed E-state index contributed by atoms with van der Waals surface area (Å²) in [7, 11) is 0. The SMILES string of the molecule is CC(C)CCC[C@@H](C)[C@H]1CC[C@H]2[C@@H]3CC[C@H]4C[C@H](O[C@H]5O[C@H](CO)[C@@H](O)[C@@H]5O)CC[C@]4(C)[C@H]3CC[C@]12C. The second-order valence-corrected chi connectivity index (χ2v) is 14.9. The van der Waals surface area contributed by atoms with E-state index < -0.39 is 24.6 Å². The van der Waals surface area contributed by atoms with E-state index in [9.17, 15) is 15.3 Å². The lowest BCUT2D eigenvalue weighted by Crippen LogP contribution is -2.54. The largest absolute Gasteiger partial charge is 0.394 e. The lowest BCUT2D eigenvalue weighted by molar-refractivity contribution is -0.216. The predicted octanol–water partition coefficient (Wildman–Crippen LogP) is 5.93. The maximum Gasteiger partial charge on any atom is 0.186 e. The van der Waals surface area contributed by atoms with E-state index in [0.717, 1.165) is 48.3 Å². The molecule has 37 heavy (non-hydrogen) atoms. The highest BCUT2D eigenvalue weighted by Crippen LogP contribution is 2.68. The molecule has 5 heteroatoms. The molecule has 5 fully saturated rings. The number of hydrogen-bond donors (Lipinski definition) is 3. The van der Waals surface area contributed by atoms with Gasteiger partial charge >= 0.3 is 0 Å². The molecule has 1 heterocycles. The first kappa shape index (κ1) is 28.3. The minimum atomic E-state index is -1.08. The van der Waals surface area contributed by atoms with Crippen molar-refractivity contribution in [3.05, 3.63) is 0 Å². The van der Waals surface area contributed by atoms with Crippen LogP contribution in [0.25, 0.3) is 0 Å². The van der Waals surface area contributed by atoms with E-state index in [-0.39, 0.29) is 12.7 Å². The van der Waals surface area contributed by atoms with Crippen molar-refractivity contribution in [3.63, 3.8) is 0 Å². The molecular weight excluding hydrogens is 464 g/mol. The molecule has 0 radical (unpaired) electrons. The Bertz CT molecular complexity index is 772. The third-order valence-electron chi connectivity index (χ3n) is 12.6. The van der Waals surface area contributed by atoms with Crippen molar-refractivity contribution in [1.82, 2.24) is 0 Å². The minimum absolute atomic E-state index is 0.0651. The van der Waals surface area contributed by atoms with Gasteiger partial charge in [0.25, 0.3) is 0 Å². The van der Waals surface area contributed by atoms with Crippen molar-refractivity contribution < 1.29 is 24.8 Å². The summed E-state index contributed by atoms with van der Waals surface area (Å²) in [4.78, 5) is 0. The molecular formula is C32H56O5. The molecule has 1 aliphatic heterocycles. The van der Waals surface area contributed by atoms with Crippen molar-refractivity contribution in [2.24, 2.45) is 52.3 Å². The lowest BCUT2D eigenvalue weighted by Gasteiger charge is -2.61. The van der Waals surface area contributed by atoms with Gasteiger partial charge < -0.3 is 24.8 Å². The van der Waals surface area contributed by atoms with Gasteiger partial charge in [-0.15, -0.1) is 0 Å². The summed E-state index contributed by atoms with van der Waals surface area (Å²) in [5.41, 5.74) is 0.940. The zero-order valence-corrected chi connectivity index (χ0v) is 24.3. The van der Waals surface area contributed by atoms with Crippen molar-refractivity contribution in [2.45, 2.75) is 142 Å². The van der Waals surface area contributed by atoms with Crippen LogP contribution < -0.4 is 0 Å². The second kappa shape index (κ2) is 11.0. The van der Waals surface area contributed by atoms with E-state index in [4.69, 9.17) is 9.47 Å². The smallest absolute Gasteiger partial charge is 0.186 e. The van der Waals surface area contributed by atoms with Gasteiger partial charge in [-0.1, -0.05) is 53.9 Å². The fraction of sp³-hybridized carbons (Fsp3) is 1.00. The van der Waals surface area contributed by atoms with Crippen LogP contribution in [0.2, 0.25) is 0 Å². The third-order valence-corrected chi connectivity index (χ3v) is 12.6. The molecule has 1 saturated heterocycles. The molecule has 5 aliphatic rings. The van der Waals surface area contributed by atoms with Crippen LogP contribution in [-0.4, -0.2) is 52.6 Å². The van der Waals surface area contributed by atoms with Crippen LogP contribution in [0.1, 0.15) is 112 Å². The Balaban J connectivity index is 1.21. The highest BCUT2D eigenvalue weighted by atomic mass is 16.7. The van der Waals surface area contributed by atoms with Gasteiger partial charge in [-0.2, -0.15) is 0 Å². The van der Waals surface area contributed by atoms with E-state index in [1.165, 1.54) is 64.2 Å². The molecule has 5 rings (SSSR count). The second-order valence-electron chi connectivity index (χ2n) is 14.9. The Kier molecular flexibility index (Phi) is 8.42. The first-order valence-electron chi connectivity index (χ1n) is 15.9. The number of ether oxygens (including phenoxy) is 2. The number of fused-ring (bicyclic) bond motifs is 5. The van der Waals surface area contributed by atoms with Gasteiger partial charge in [-0.05, 0) is 110 Å². The van der Waals surface area contributed by atoms with E-state index in [0.29, 0.717) is 16.7 Å². The van der Waals surface area contributed by atoms with Gasteiger partial charge in [0.15, 0.2) is 6.29 Å². The van der Waals surface area contributed by atoms with Crippen molar-refractivity contribution in [3.8, 4) is 0 Å². The highest BCUT2D eigenvalue weighted by Gasteiger charge is 2.60. The Labute approximate surface area is 226 Å². The minimum Gasteiger partial charge on any atom is -0.394 e. The Morgan fingerprint density at radius 1 is 0.865 bits per heavy atom. The molecule has 0 spiro atoms. The summed E-state index contributed by atoms with van der Waals surface area (Å²) in [5.74, 6) is 5.92. The van der Waals surface area contributed by atoms with Crippen molar-refractivity contribution in [2.75, 3.05) is 6.61 Å². The van der Waals surface area contributed by atoms with Gasteiger partial charge in [-0.3, -0.25) is 0 Å². The van der Waals surface area contributed by atoms with Gasteiger partial charge in [-0.25, -0.2) is 0 Å². The summed E-state index contributed by atoms with van der Waals surface area (Å²) in [6.45, 7) is 12.3. The average Bonchev–Trinajstić information content (AvgIpc) is 3.35. The summed E-state index contributed by atoms with van der Waals surface area (Å²) in [6.07, 6.45) is 12.1. The zero-order valence-electron chi connectivity index (χ0n) is 24.3. The van der Waals surface area contributed by atoms with Gasteiger partial charge in [0, 0.05) is 0 Å². The van der Waals surface area contributed by atoms with E-state index >= 15 is 0 Å². The molecule has 4 saturated carbocycles. The maximum absolute atomic E-state index is 10.4. The van der Waals surface area contributed by atoms with Crippen LogP contribution in [0, 0.1) is 52.3 Å². The van der Waals surface area contributed by atoms with Crippen LogP contribution in [0.5, 0.6) is 0 Å². The molecule has 5 nitrogen and oxygen atoms in total. The maximum atomic E-state index is 10.4. The van der Waals surface area contributed by atoms with Gasteiger partial charge in [0.05, 0.1) is 12.7 Å². The number of aliphatic hydroxyl groups is 3. The first-order chi connectivity index (χ1) is 17.6. The molecule has 0 aromatic heterocycles. The highest BCUT2D eigenvalue weighted by molar-refractivity contribution is 5.10. The van der Waals surface area contributed by atoms with Crippen LogP contribution in [-0.2, 0) is 9.47 Å². The van der Waals surface area contributed by atoms with Gasteiger partial charge in [0.1, 0.15) is 18.3 Å². The van der Waals surface area contributed by atoms with E-state index in [2.05, 4.69) is 34.6 Å². The van der Waals surface area contributed by atoms with E-state index in [1.807, 2.05) is 0 Å². The monoisotopic (exact) mass is 520 g/mol. The van der Waals surface area contributed by atoms with Crippen molar-refractivity contribution >= 4 is 0 Å². The Morgan fingerprint density at radius 3 is 2.30 bits per heavy atom. The molecule has 0 aromatic carbocycles. The van der Waals surface area contributed by atoms with Gasteiger partial charge in [0.2, 0.25) is 0 Å². The third kappa shape index (κ3) is 5.07. The number of hydrogen-bond acceptors (Lipinski definition) is 5. The van der Waals surface area contributed by atoms with E-state index in [1.54, 1.807) is 0 Å².